The van der Waals surface area contributed by atoms with E-state index in [2.05, 4.69) is 32.0 Å². The van der Waals surface area contributed by atoms with Crippen molar-refractivity contribution in [2.45, 2.75) is 38.5 Å². The summed E-state index contributed by atoms with van der Waals surface area (Å²) in [5.41, 5.74) is 3.21. The molecule has 2 aromatic rings. The van der Waals surface area contributed by atoms with Gasteiger partial charge in [-0.1, -0.05) is 26.0 Å². The largest absolute Gasteiger partial charge is 0.497 e. The lowest BCUT2D eigenvalue weighted by Crippen LogP contribution is -2.23. The van der Waals surface area contributed by atoms with Gasteiger partial charge in [-0.05, 0) is 47.3 Å². The van der Waals surface area contributed by atoms with Gasteiger partial charge < -0.3 is 9.47 Å². The molecule has 0 aliphatic heterocycles. The van der Waals surface area contributed by atoms with Gasteiger partial charge in [0.1, 0.15) is 11.5 Å². The maximum Gasteiger partial charge on any atom is 0.130 e. The predicted molar refractivity (Wildman–Crippen MR) is 83.0 cm³/mol. The Hall–Kier alpha value is -1.70. The fourth-order valence-electron chi connectivity index (χ4n) is 3.47. The summed E-state index contributed by atoms with van der Waals surface area (Å²) in [5.74, 6) is 1.76. The van der Waals surface area contributed by atoms with Crippen molar-refractivity contribution in [2.75, 3.05) is 14.2 Å². The van der Waals surface area contributed by atoms with Crippen molar-refractivity contribution in [3.63, 3.8) is 0 Å². The van der Waals surface area contributed by atoms with Crippen molar-refractivity contribution in [1.82, 2.24) is 0 Å². The van der Waals surface area contributed by atoms with Crippen LogP contribution in [0.25, 0.3) is 10.8 Å². The van der Waals surface area contributed by atoms with E-state index in [-0.39, 0.29) is 5.41 Å². The molecule has 0 radical (unpaired) electrons. The van der Waals surface area contributed by atoms with E-state index < -0.39 is 0 Å². The van der Waals surface area contributed by atoms with Crippen LogP contribution >= 0.6 is 0 Å². The molecule has 20 heavy (non-hydrogen) atoms. The molecule has 0 saturated carbocycles. The lowest BCUT2D eigenvalue weighted by Gasteiger charge is -2.33. The SMILES string of the molecule is COc1cc(OC)c2ccc3c(c2c1)CCCC3(C)C. The molecule has 0 aromatic heterocycles. The van der Waals surface area contributed by atoms with Crippen LogP contribution in [0.3, 0.4) is 0 Å². The summed E-state index contributed by atoms with van der Waals surface area (Å²) in [6.07, 6.45) is 3.65. The molecule has 0 amide bonds. The monoisotopic (exact) mass is 270 g/mol. The van der Waals surface area contributed by atoms with Crippen molar-refractivity contribution < 1.29 is 9.47 Å². The highest BCUT2D eigenvalue weighted by atomic mass is 16.5. The molecule has 0 spiro atoms. The number of methoxy groups -OCH3 is 2. The Bertz CT molecular complexity index is 656. The maximum absolute atomic E-state index is 5.53. The van der Waals surface area contributed by atoms with Gasteiger partial charge in [-0.15, -0.1) is 0 Å². The second-order valence-electron chi connectivity index (χ2n) is 6.25. The molecule has 2 nitrogen and oxygen atoms in total. The first-order valence-corrected chi connectivity index (χ1v) is 7.25. The van der Waals surface area contributed by atoms with E-state index in [1.807, 2.05) is 6.07 Å². The van der Waals surface area contributed by atoms with Gasteiger partial charge in [0.05, 0.1) is 14.2 Å². The molecular formula is C18H22O2. The minimum atomic E-state index is 0.262. The Morgan fingerprint density at radius 1 is 1.00 bits per heavy atom. The summed E-state index contributed by atoms with van der Waals surface area (Å²) >= 11 is 0. The normalized spacial score (nSPS) is 16.8. The van der Waals surface area contributed by atoms with Crippen LogP contribution in [0.5, 0.6) is 11.5 Å². The van der Waals surface area contributed by atoms with Gasteiger partial charge in [-0.25, -0.2) is 0 Å². The van der Waals surface area contributed by atoms with Crippen LogP contribution in [-0.2, 0) is 11.8 Å². The highest BCUT2D eigenvalue weighted by Gasteiger charge is 2.28. The van der Waals surface area contributed by atoms with Crippen molar-refractivity contribution in [3.05, 3.63) is 35.4 Å². The van der Waals surface area contributed by atoms with Crippen LogP contribution in [0, 0.1) is 0 Å². The number of fused-ring (bicyclic) bond motifs is 3. The molecule has 1 aliphatic rings. The van der Waals surface area contributed by atoms with Crippen LogP contribution in [0.1, 0.15) is 37.8 Å². The molecule has 106 valence electrons. The second-order valence-corrected chi connectivity index (χ2v) is 6.25. The van der Waals surface area contributed by atoms with E-state index in [0.717, 1.165) is 17.9 Å². The van der Waals surface area contributed by atoms with Crippen LogP contribution < -0.4 is 9.47 Å². The van der Waals surface area contributed by atoms with E-state index in [1.54, 1.807) is 14.2 Å². The Morgan fingerprint density at radius 3 is 2.50 bits per heavy atom. The quantitative estimate of drug-likeness (QED) is 0.801. The number of hydrogen-bond donors (Lipinski definition) is 0. The lowest BCUT2D eigenvalue weighted by atomic mass is 9.71. The summed E-state index contributed by atoms with van der Waals surface area (Å²) < 4.78 is 11.0. The summed E-state index contributed by atoms with van der Waals surface area (Å²) in [4.78, 5) is 0. The van der Waals surface area contributed by atoms with Crippen molar-refractivity contribution in [2.24, 2.45) is 0 Å². The molecule has 3 rings (SSSR count). The van der Waals surface area contributed by atoms with E-state index in [4.69, 9.17) is 9.47 Å². The number of benzene rings is 2. The van der Waals surface area contributed by atoms with E-state index in [9.17, 15) is 0 Å². The molecule has 2 aromatic carbocycles. The van der Waals surface area contributed by atoms with Gasteiger partial charge in [0.15, 0.2) is 0 Å². The molecule has 0 N–H and O–H groups in total. The van der Waals surface area contributed by atoms with Gasteiger partial charge in [-0.3, -0.25) is 0 Å². The molecule has 2 heteroatoms. The highest BCUT2D eigenvalue weighted by Crippen LogP contribution is 2.42. The number of rotatable bonds is 2. The Labute approximate surface area is 120 Å². The van der Waals surface area contributed by atoms with Gasteiger partial charge in [-0.2, -0.15) is 0 Å². The van der Waals surface area contributed by atoms with Crippen LogP contribution in [0.15, 0.2) is 24.3 Å². The first-order chi connectivity index (χ1) is 9.56. The van der Waals surface area contributed by atoms with Crippen LogP contribution in [0.2, 0.25) is 0 Å². The van der Waals surface area contributed by atoms with Gasteiger partial charge >= 0.3 is 0 Å². The smallest absolute Gasteiger partial charge is 0.130 e. The number of ether oxygens (including phenoxy) is 2. The van der Waals surface area contributed by atoms with Gasteiger partial charge in [0, 0.05) is 11.5 Å². The summed E-state index contributed by atoms with van der Waals surface area (Å²) in [5, 5.41) is 2.47. The molecule has 0 bridgehead atoms. The average molecular weight is 270 g/mol. The topological polar surface area (TPSA) is 18.5 Å². The first kappa shape index (κ1) is 13.3. The second kappa shape index (κ2) is 4.69. The molecule has 0 saturated heterocycles. The zero-order valence-electron chi connectivity index (χ0n) is 12.7. The van der Waals surface area contributed by atoms with E-state index in [1.165, 1.54) is 34.7 Å². The zero-order valence-corrected chi connectivity index (χ0v) is 12.7. The fourth-order valence-corrected chi connectivity index (χ4v) is 3.47. The minimum absolute atomic E-state index is 0.262. The standard InChI is InChI=1S/C18H22O2/c1-18(2)9-5-6-13-15-10-12(19-3)11-17(20-4)14(15)7-8-16(13)18/h7-8,10-11H,5-6,9H2,1-4H3. The van der Waals surface area contributed by atoms with Crippen molar-refractivity contribution in [3.8, 4) is 11.5 Å². The molecular weight excluding hydrogens is 248 g/mol. The summed E-state index contributed by atoms with van der Waals surface area (Å²) in [7, 11) is 3.43. The molecule has 1 aliphatic carbocycles. The minimum Gasteiger partial charge on any atom is -0.497 e. The van der Waals surface area contributed by atoms with E-state index >= 15 is 0 Å². The lowest BCUT2D eigenvalue weighted by molar-refractivity contribution is 0.397. The predicted octanol–water partition coefficient (Wildman–Crippen LogP) is 4.47. The molecule has 0 atom stereocenters. The Balaban J connectivity index is 2.34. The van der Waals surface area contributed by atoms with Crippen LogP contribution in [-0.4, -0.2) is 14.2 Å². The van der Waals surface area contributed by atoms with Gasteiger partial charge in [0.2, 0.25) is 0 Å². The summed E-state index contributed by atoms with van der Waals surface area (Å²) in [6.45, 7) is 4.68. The molecule has 0 unspecified atom stereocenters. The maximum atomic E-state index is 5.53. The highest BCUT2D eigenvalue weighted by molar-refractivity contribution is 5.93. The fraction of sp³-hybridized carbons (Fsp3) is 0.444. The third kappa shape index (κ3) is 1.94. The van der Waals surface area contributed by atoms with Crippen molar-refractivity contribution in [1.29, 1.82) is 0 Å². The number of aryl methyl sites for hydroxylation is 1. The number of hydrogen-bond acceptors (Lipinski definition) is 2. The van der Waals surface area contributed by atoms with E-state index in [0.29, 0.717) is 0 Å². The first-order valence-electron chi connectivity index (χ1n) is 7.25. The van der Waals surface area contributed by atoms with Crippen molar-refractivity contribution >= 4 is 10.8 Å². The molecule has 0 heterocycles. The summed E-state index contributed by atoms with van der Waals surface area (Å²) in [6, 6.07) is 8.59. The van der Waals surface area contributed by atoms with Crippen LogP contribution in [0.4, 0.5) is 0 Å². The van der Waals surface area contributed by atoms with Gasteiger partial charge in [0.25, 0.3) is 0 Å². The Kier molecular flexibility index (Phi) is 3.12. The zero-order chi connectivity index (χ0) is 14.3. The molecule has 0 fully saturated rings. The third-order valence-electron chi connectivity index (χ3n) is 4.60. The third-order valence-corrected chi connectivity index (χ3v) is 4.60. The Morgan fingerprint density at radius 2 is 1.80 bits per heavy atom. The average Bonchev–Trinajstić information content (AvgIpc) is 2.45.